The summed E-state index contributed by atoms with van der Waals surface area (Å²) in [6.45, 7) is 9.92. The lowest BCUT2D eigenvalue weighted by Gasteiger charge is -2.17. The van der Waals surface area contributed by atoms with Gasteiger partial charge >= 0.3 is 0 Å². The number of carbonyl (C=O) groups is 1. The molecule has 11 heteroatoms. The molecular weight excluding hydrogens is 558 g/mol. The summed E-state index contributed by atoms with van der Waals surface area (Å²) in [6, 6.07) is 6.10. The van der Waals surface area contributed by atoms with Gasteiger partial charge in [-0.15, -0.1) is 0 Å². The van der Waals surface area contributed by atoms with Crippen LogP contribution in [0.25, 0.3) is 10.9 Å². The van der Waals surface area contributed by atoms with E-state index in [-0.39, 0.29) is 5.56 Å². The van der Waals surface area contributed by atoms with Crippen molar-refractivity contribution in [2.45, 2.75) is 40.2 Å². The van der Waals surface area contributed by atoms with Gasteiger partial charge < -0.3 is 15.0 Å². The van der Waals surface area contributed by atoms with E-state index in [1.54, 1.807) is 29.8 Å². The van der Waals surface area contributed by atoms with Crippen LogP contribution in [0.3, 0.4) is 0 Å². The molecule has 2 heterocycles. The lowest BCUT2D eigenvalue weighted by atomic mass is 10.1. The Labute approximate surface area is 229 Å². The maximum atomic E-state index is 13.5. The van der Waals surface area contributed by atoms with Crippen LogP contribution in [-0.4, -0.2) is 52.7 Å². The number of amides is 1. The number of methoxy groups -OCH3 is 1. The van der Waals surface area contributed by atoms with Gasteiger partial charge in [-0.2, -0.15) is 5.10 Å². The predicted octanol–water partition coefficient (Wildman–Crippen LogP) is 6.41. The first-order valence-corrected chi connectivity index (χ1v) is 12.7. The van der Waals surface area contributed by atoms with Crippen LogP contribution >= 0.6 is 15.9 Å². The summed E-state index contributed by atoms with van der Waals surface area (Å²) in [4.78, 5) is 23.8. The molecule has 0 aliphatic heterocycles. The molecular formula is C27H31BrF2N6O2. The molecule has 202 valence electrons. The minimum Gasteiger partial charge on any atom is -0.480 e. The van der Waals surface area contributed by atoms with E-state index in [0.29, 0.717) is 56.3 Å². The molecule has 0 saturated heterocycles. The number of pyridine rings is 1. The van der Waals surface area contributed by atoms with Gasteiger partial charge in [-0.3, -0.25) is 9.48 Å². The van der Waals surface area contributed by atoms with E-state index in [0.717, 1.165) is 12.5 Å². The average molecular weight is 589 g/mol. The molecule has 8 nitrogen and oxygen atoms in total. The lowest BCUT2D eigenvalue weighted by molar-refractivity contribution is 0.102. The quantitative estimate of drug-likeness (QED) is 0.230. The van der Waals surface area contributed by atoms with Gasteiger partial charge in [-0.1, -0.05) is 35.5 Å². The summed E-state index contributed by atoms with van der Waals surface area (Å²) in [6.07, 6.45) is -0.112. The Morgan fingerprint density at radius 1 is 1.32 bits per heavy atom. The summed E-state index contributed by atoms with van der Waals surface area (Å²) in [5.74, 6) is -0.148. The van der Waals surface area contributed by atoms with Crippen LogP contribution in [0.2, 0.25) is 0 Å². The number of hydrogen-bond donors (Lipinski definition) is 1. The van der Waals surface area contributed by atoms with Gasteiger partial charge in [-0.05, 0) is 44.5 Å². The minimum atomic E-state index is -2.81. The third kappa shape index (κ3) is 6.45. The van der Waals surface area contributed by atoms with Crippen molar-refractivity contribution in [2.75, 3.05) is 26.5 Å². The smallest absolute Gasteiger partial charge is 0.280 e. The maximum absolute atomic E-state index is 13.5. The molecule has 0 spiro atoms. The molecule has 0 unspecified atom stereocenters. The van der Waals surface area contributed by atoms with E-state index in [1.165, 1.54) is 7.11 Å². The van der Waals surface area contributed by atoms with Gasteiger partial charge in [0.05, 0.1) is 53.2 Å². The van der Waals surface area contributed by atoms with Crippen molar-refractivity contribution in [1.29, 1.82) is 0 Å². The van der Waals surface area contributed by atoms with Crippen molar-refractivity contribution in [1.82, 2.24) is 19.7 Å². The average Bonchev–Trinajstić information content (AvgIpc) is 3.13. The SMILES string of the molecule is C=C(C(=N/C(=C/CC)Cn1nc(C)c(NC(=O)c2cc(C(F)F)nc3ccc(Br)cc23)c1C)OC)N(C)C. The van der Waals surface area contributed by atoms with Crippen LogP contribution in [0.4, 0.5) is 14.5 Å². The number of carbonyl (C=O) groups excluding carboxylic acids is 1. The number of aryl methyl sites for hydroxylation is 1. The highest BCUT2D eigenvalue weighted by atomic mass is 79.9. The van der Waals surface area contributed by atoms with Gasteiger partial charge in [0.1, 0.15) is 5.69 Å². The number of anilines is 1. The number of halogens is 3. The Balaban J connectivity index is 1.97. The number of hydrogen-bond acceptors (Lipinski definition) is 6. The predicted molar refractivity (Wildman–Crippen MR) is 150 cm³/mol. The Morgan fingerprint density at radius 2 is 2.03 bits per heavy atom. The van der Waals surface area contributed by atoms with E-state index < -0.39 is 18.0 Å². The van der Waals surface area contributed by atoms with Crippen LogP contribution in [0.1, 0.15) is 47.2 Å². The number of aliphatic imine (C=N–C) groups is 1. The van der Waals surface area contributed by atoms with Crippen molar-refractivity contribution in [3.05, 3.63) is 75.4 Å². The second-order valence-electron chi connectivity index (χ2n) is 8.78. The van der Waals surface area contributed by atoms with Crippen molar-refractivity contribution >= 4 is 44.3 Å². The zero-order chi connectivity index (χ0) is 28.1. The van der Waals surface area contributed by atoms with Crippen LogP contribution in [0, 0.1) is 13.8 Å². The molecule has 0 atom stereocenters. The van der Waals surface area contributed by atoms with Crippen LogP contribution in [-0.2, 0) is 11.3 Å². The monoisotopic (exact) mass is 588 g/mol. The van der Waals surface area contributed by atoms with Gasteiger partial charge in [-0.25, -0.2) is 18.8 Å². The highest BCUT2D eigenvalue weighted by Gasteiger charge is 2.21. The molecule has 38 heavy (non-hydrogen) atoms. The highest BCUT2D eigenvalue weighted by Crippen LogP contribution is 2.28. The standard InChI is InChI=1S/C27H31BrF2N6O2/c1-8-9-19(31-27(38-7)17(4)35(5)6)14-36-16(3)24(15(2)34-36)33-26(37)21-13-23(25(29)30)32-22-11-10-18(28)12-20(21)22/h9-13,25H,4,8,14H2,1-3,5-7H3,(H,33,37)/b19-9+,31-27?. The topological polar surface area (TPSA) is 84.6 Å². The van der Waals surface area contributed by atoms with E-state index >= 15 is 0 Å². The van der Waals surface area contributed by atoms with Gasteiger partial charge in [0, 0.05) is 24.0 Å². The Hall–Kier alpha value is -3.60. The number of allylic oxidation sites excluding steroid dienone is 2. The van der Waals surface area contributed by atoms with Crippen LogP contribution < -0.4 is 5.32 Å². The van der Waals surface area contributed by atoms with Crippen molar-refractivity contribution in [2.24, 2.45) is 4.99 Å². The molecule has 0 radical (unpaired) electrons. The number of benzene rings is 1. The number of fused-ring (bicyclic) bond motifs is 1. The number of rotatable bonds is 9. The second-order valence-corrected chi connectivity index (χ2v) is 9.70. The fourth-order valence-electron chi connectivity index (χ4n) is 3.82. The normalized spacial score (nSPS) is 12.3. The van der Waals surface area contributed by atoms with Gasteiger partial charge in [0.2, 0.25) is 5.90 Å². The molecule has 0 saturated carbocycles. The minimum absolute atomic E-state index is 0.0984. The summed E-state index contributed by atoms with van der Waals surface area (Å²) in [5, 5.41) is 7.92. The summed E-state index contributed by atoms with van der Waals surface area (Å²) < 4.78 is 34.9. The zero-order valence-corrected chi connectivity index (χ0v) is 23.9. The highest BCUT2D eigenvalue weighted by molar-refractivity contribution is 9.10. The summed E-state index contributed by atoms with van der Waals surface area (Å²) in [5.41, 5.74) is 3.04. The molecule has 3 rings (SSSR count). The van der Waals surface area contributed by atoms with Crippen LogP contribution in [0.5, 0.6) is 0 Å². The van der Waals surface area contributed by atoms with E-state index in [1.807, 2.05) is 38.9 Å². The largest absolute Gasteiger partial charge is 0.480 e. The van der Waals surface area contributed by atoms with E-state index in [9.17, 15) is 13.6 Å². The number of nitrogens with one attached hydrogen (secondary N) is 1. The fourth-order valence-corrected chi connectivity index (χ4v) is 4.18. The Kier molecular flexibility index (Phi) is 9.37. The number of likely N-dealkylation sites (N-methyl/N-ethyl adjacent to an activating group) is 1. The first kappa shape index (κ1) is 29.0. The zero-order valence-electron chi connectivity index (χ0n) is 22.3. The number of ether oxygens (including phenoxy) is 1. The molecule has 0 bridgehead atoms. The molecule has 1 N–H and O–H groups in total. The molecule has 0 fully saturated rings. The second kappa shape index (κ2) is 12.3. The van der Waals surface area contributed by atoms with Crippen LogP contribution in [0.15, 0.2) is 57.8 Å². The molecule has 0 aliphatic carbocycles. The molecule has 1 amide bonds. The molecule has 1 aromatic carbocycles. The number of aromatic nitrogens is 3. The first-order chi connectivity index (χ1) is 18.0. The molecule has 2 aromatic heterocycles. The van der Waals surface area contributed by atoms with Crippen molar-refractivity contribution < 1.29 is 18.3 Å². The number of nitrogens with zero attached hydrogens (tertiary/aromatic N) is 5. The third-order valence-corrected chi connectivity index (χ3v) is 6.35. The van der Waals surface area contributed by atoms with E-state index in [4.69, 9.17) is 4.74 Å². The summed E-state index contributed by atoms with van der Waals surface area (Å²) in [7, 11) is 5.24. The lowest BCUT2D eigenvalue weighted by Crippen LogP contribution is -2.20. The third-order valence-electron chi connectivity index (χ3n) is 5.86. The van der Waals surface area contributed by atoms with Crippen molar-refractivity contribution in [3.8, 4) is 0 Å². The Bertz CT molecular complexity index is 1430. The maximum Gasteiger partial charge on any atom is 0.280 e. The van der Waals surface area contributed by atoms with Gasteiger partial charge in [0.15, 0.2) is 0 Å². The van der Waals surface area contributed by atoms with Crippen molar-refractivity contribution in [3.63, 3.8) is 0 Å². The fraction of sp³-hybridized carbons (Fsp3) is 0.333. The van der Waals surface area contributed by atoms with E-state index in [2.05, 4.69) is 42.9 Å². The first-order valence-electron chi connectivity index (χ1n) is 11.9. The Morgan fingerprint density at radius 3 is 2.63 bits per heavy atom. The molecule has 3 aromatic rings. The summed E-state index contributed by atoms with van der Waals surface area (Å²) >= 11 is 3.38. The molecule has 0 aliphatic rings. The van der Waals surface area contributed by atoms with Gasteiger partial charge in [0.25, 0.3) is 12.3 Å². The number of alkyl halides is 2.